The minimum Gasteiger partial charge on any atom is -0.494 e. The predicted octanol–water partition coefficient (Wildman–Crippen LogP) is 1.42. The first kappa shape index (κ1) is 16.8. The number of hydrogen-bond acceptors (Lipinski definition) is 5. The number of hydrogen-bond donors (Lipinski definition) is 1. The molecule has 4 rings (SSSR count). The minimum absolute atomic E-state index is 0.152. The van der Waals surface area contributed by atoms with Gasteiger partial charge >= 0.3 is 5.69 Å². The molecule has 1 aromatic carbocycles. The molecule has 1 N–H and O–H groups in total. The van der Waals surface area contributed by atoms with Crippen LogP contribution in [0.1, 0.15) is 10.4 Å². The lowest BCUT2D eigenvalue weighted by atomic mass is 10.2. The van der Waals surface area contributed by atoms with Crippen LogP contribution in [0.4, 0.5) is 5.69 Å². The summed E-state index contributed by atoms with van der Waals surface area (Å²) in [5.74, 6) is 0.123. The molecule has 9 heteroatoms. The van der Waals surface area contributed by atoms with E-state index in [9.17, 15) is 9.59 Å². The third-order valence-electron chi connectivity index (χ3n) is 4.65. The SMILES string of the molecule is COc1cc2c(cc1NC(=O)c1cnc3c(c1)ncn3C)n(C)c(=O)n2C. The molecule has 3 aromatic heterocycles. The van der Waals surface area contributed by atoms with Gasteiger partial charge in [-0.05, 0) is 12.1 Å². The van der Waals surface area contributed by atoms with Gasteiger partial charge in [0, 0.05) is 33.4 Å². The van der Waals surface area contributed by atoms with Gasteiger partial charge in [0.2, 0.25) is 0 Å². The number of nitrogens with zero attached hydrogens (tertiary/aromatic N) is 5. The minimum atomic E-state index is -0.339. The van der Waals surface area contributed by atoms with E-state index in [0.29, 0.717) is 39.2 Å². The second-order valence-electron chi connectivity index (χ2n) is 6.32. The van der Waals surface area contributed by atoms with Crippen LogP contribution in [0.3, 0.4) is 0 Å². The molecular formula is C18H18N6O3. The van der Waals surface area contributed by atoms with Crippen molar-refractivity contribution < 1.29 is 9.53 Å². The molecule has 4 aromatic rings. The van der Waals surface area contributed by atoms with Crippen LogP contribution in [0.2, 0.25) is 0 Å². The molecule has 0 bridgehead atoms. The van der Waals surface area contributed by atoms with Crippen molar-refractivity contribution in [2.45, 2.75) is 0 Å². The highest BCUT2D eigenvalue weighted by atomic mass is 16.5. The summed E-state index contributed by atoms with van der Waals surface area (Å²) in [6, 6.07) is 5.13. The summed E-state index contributed by atoms with van der Waals surface area (Å²) in [5.41, 5.74) is 3.44. The fraction of sp³-hybridized carbons (Fsp3) is 0.222. The van der Waals surface area contributed by atoms with Crippen molar-refractivity contribution >= 4 is 33.8 Å². The Hall–Kier alpha value is -3.62. The van der Waals surface area contributed by atoms with E-state index in [2.05, 4.69) is 15.3 Å². The van der Waals surface area contributed by atoms with Crippen molar-refractivity contribution in [3.63, 3.8) is 0 Å². The average molecular weight is 366 g/mol. The lowest BCUT2D eigenvalue weighted by Gasteiger charge is -2.11. The van der Waals surface area contributed by atoms with Crippen molar-refractivity contribution in [3.8, 4) is 5.75 Å². The highest BCUT2D eigenvalue weighted by Gasteiger charge is 2.16. The van der Waals surface area contributed by atoms with E-state index < -0.39 is 0 Å². The Morgan fingerprint density at radius 3 is 2.48 bits per heavy atom. The zero-order chi connectivity index (χ0) is 19.3. The summed E-state index contributed by atoms with van der Waals surface area (Å²) in [5, 5.41) is 2.83. The van der Waals surface area contributed by atoms with Crippen LogP contribution < -0.4 is 15.7 Å². The molecule has 0 atom stereocenters. The van der Waals surface area contributed by atoms with Crippen molar-refractivity contribution in [2.24, 2.45) is 21.1 Å². The summed E-state index contributed by atoms with van der Waals surface area (Å²) in [4.78, 5) is 33.4. The number of rotatable bonds is 3. The zero-order valence-corrected chi connectivity index (χ0v) is 15.3. The van der Waals surface area contributed by atoms with E-state index in [-0.39, 0.29) is 11.6 Å². The van der Waals surface area contributed by atoms with Gasteiger partial charge in [0.15, 0.2) is 5.65 Å². The fourth-order valence-corrected chi connectivity index (χ4v) is 3.13. The lowest BCUT2D eigenvalue weighted by molar-refractivity contribution is 0.102. The van der Waals surface area contributed by atoms with Gasteiger partial charge in [-0.3, -0.25) is 13.9 Å². The highest BCUT2D eigenvalue weighted by molar-refractivity contribution is 6.07. The molecule has 27 heavy (non-hydrogen) atoms. The Morgan fingerprint density at radius 2 is 1.78 bits per heavy atom. The van der Waals surface area contributed by atoms with E-state index in [1.54, 1.807) is 43.2 Å². The fourth-order valence-electron chi connectivity index (χ4n) is 3.13. The largest absolute Gasteiger partial charge is 0.494 e. The molecule has 0 unspecified atom stereocenters. The number of aryl methyl sites for hydroxylation is 3. The van der Waals surface area contributed by atoms with E-state index in [1.165, 1.54) is 22.4 Å². The number of methoxy groups -OCH3 is 1. The number of imidazole rings is 2. The molecule has 9 nitrogen and oxygen atoms in total. The van der Waals surface area contributed by atoms with E-state index in [1.807, 2.05) is 7.05 Å². The highest BCUT2D eigenvalue weighted by Crippen LogP contribution is 2.30. The third kappa shape index (κ3) is 2.55. The number of aromatic nitrogens is 5. The molecule has 0 spiro atoms. The predicted molar refractivity (Wildman–Crippen MR) is 101 cm³/mol. The standard InChI is InChI=1S/C18H18N6O3/c1-22-9-20-12-5-10(8-19-16(12)22)17(25)21-11-6-13-14(7-15(11)27-4)24(3)18(26)23(13)2/h5-9H,1-4H3,(H,21,25). The van der Waals surface area contributed by atoms with Gasteiger partial charge in [0.25, 0.3) is 5.91 Å². The van der Waals surface area contributed by atoms with E-state index in [0.717, 1.165) is 0 Å². The maximum atomic E-state index is 12.7. The van der Waals surface area contributed by atoms with Gasteiger partial charge < -0.3 is 14.6 Å². The van der Waals surface area contributed by atoms with Crippen molar-refractivity contribution in [2.75, 3.05) is 12.4 Å². The number of benzene rings is 1. The Morgan fingerprint density at radius 1 is 1.07 bits per heavy atom. The summed E-state index contributed by atoms with van der Waals surface area (Å²) < 4.78 is 10.2. The van der Waals surface area contributed by atoms with E-state index in [4.69, 9.17) is 4.74 Å². The number of pyridine rings is 1. The molecule has 0 saturated heterocycles. The van der Waals surface area contributed by atoms with E-state index >= 15 is 0 Å². The Balaban J connectivity index is 1.75. The topological polar surface area (TPSA) is 96.0 Å². The number of nitrogens with one attached hydrogen (secondary N) is 1. The second kappa shape index (κ2) is 5.97. The average Bonchev–Trinajstić information content (AvgIpc) is 3.14. The quantitative estimate of drug-likeness (QED) is 0.592. The molecule has 0 saturated carbocycles. The Labute approximate surface area is 153 Å². The molecule has 0 aliphatic carbocycles. The molecule has 0 aliphatic heterocycles. The first-order chi connectivity index (χ1) is 12.9. The van der Waals surface area contributed by atoms with Gasteiger partial charge in [0.05, 0.1) is 35.7 Å². The first-order valence-electron chi connectivity index (χ1n) is 8.22. The number of carbonyl (C=O) groups excluding carboxylic acids is 1. The van der Waals surface area contributed by atoms with Gasteiger partial charge in [0.1, 0.15) is 11.3 Å². The number of anilines is 1. The monoisotopic (exact) mass is 366 g/mol. The molecule has 3 heterocycles. The number of amides is 1. The summed E-state index contributed by atoms with van der Waals surface area (Å²) in [6.45, 7) is 0. The maximum Gasteiger partial charge on any atom is 0.328 e. The van der Waals surface area contributed by atoms with Crippen molar-refractivity contribution in [1.29, 1.82) is 0 Å². The third-order valence-corrected chi connectivity index (χ3v) is 4.65. The van der Waals surface area contributed by atoms with Crippen molar-refractivity contribution in [1.82, 2.24) is 23.7 Å². The zero-order valence-electron chi connectivity index (χ0n) is 15.3. The number of ether oxygens (including phenoxy) is 1. The smallest absolute Gasteiger partial charge is 0.328 e. The second-order valence-corrected chi connectivity index (χ2v) is 6.32. The molecule has 1 amide bonds. The first-order valence-corrected chi connectivity index (χ1v) is 8.22. The summed E-state index contributed by atoms with van der Waals surface area (Å²) in [6.07, 6.45) is 3.15. The molecule has 0 radical (unpaired) electrons. The summed E-state index contributed by atoms with van der Waals surface area (Å²) >= 11 is 0. The number of carbonyl (C=O) groups is 1. The summed E-state index contributed by atoms with van der Waals surface area (Å²) in [7, 11) is 6.73. The molecule has 0 aliphatic rings. The molecule has 0 fully saturated rings. The van der Waals surface area contributed by atoms with Gasteiger partial charge in [-0.2, -0.15) is 0 Å². The normalized spacial score (nSPS) is 11.3. The Kier molecular flexibility index (Phi) is 3.72. The Bertz CT molecular complexity index is 1260. The van der Waals surface area contributed by atoms with Crippen LogP contribution in [0.25, 0.3) is 22.2 Å². The van der Waals surface area contributed by atoms with Gasteiger partial charge in [-0.25, -0.2) is 14.8 Å². The van der Waals surface area contributed by atoms with Crippen LogP contribution in [0.5, 0.6) is 5.75 Å². The molecular weight excluding hydrogens is 348 g/mol. The van der Waals surface area contributed by atoms with Crippen molar-refractivity contribution in [3.05, 3.63) is 46.8 Å². The van der Waals surface area contributed by atoms with Gasteiger partial charge in [-0.15, -0.1) is 0 Å². The van der Waals surface area contributed by atoms with Crippen LogP contribution in [-0.2, 0) is 21.1 Å². The van der Waals surface area contributed by atoms with Crippen LogP contribution >= 0.6 is 0 Å². The van der Waals surface area contributed by atoms with Crippen LogP contribution in [0.15, 0.2) is 35.5 Å². The van der Waals surface area contributed by atoms with Gasteiger partial charge in [-0.1, -0.05) is 0 Å². The maximum absolute atomic E-state index is 12.7. The number of fused-ring (bicyclic) bond motifs is 2. The molecule has 138 valence electrons. The van der Waals surface area contributed by atoms with Crippen LogP contribution in [-0.4, -0.2) is 36.7 Å². The van der Waals surface area contributed by atoms with Crippen LogP contribution in [0, 0.1) is 0 Å². The lowest BCUT2D eigenvalue weighted by Crippen LogP contribution is -2.19.